The Morgan fingerprint density at radius 1 is 1.17 bits per heavy atom. The van der Waals surface area contributed by atoms with E-state index in [0.717, 1.165) is 43.4 Å². The van der Waals surface area contributed by atoms with Gasteiger partial charge in [0.05, 0.1) is 0 Å². The molecule has 7 heteroatoms. The van der Waals surface area contributed by atoms with E-state index in [-0.39, 0.29) is 23.6 Å². The lowest BCUT2D eigenvalue weighted by atomic mass is 9.87. The number of carbonyl (C=O) groups excluding carboxylic acids is 3. The number of para-hydroxylation sites is 1. The van der Waals surface area contributed by atoms with Crippen LogP contribution in [0.25, 0.3) is 0 Å². The fraction of sp³-hybridized carbons (Fsp3) is 0.591. The third-order valence-corrected chi connectivity index (χ3v) is 7.44. The number of carbonyl (C=O) groups is 3. The lowest BCUT2D eigenvalue weighted by Crippen LogP contribution is -2.59. The average molecular weight is 416 g/mol. The Hall–Kier alpha value is -2.02. The zero-order valence-corrected chi connectivity index (χ0v) is 18.1. The molecule has 4 rings (SSSR count). The third kappa shape index (κ3) is 3.43. The summed E-state index contributed by atoms with van der Waals surface area (Å²) < 4.78 is 0. The second-order valence-electron chi connectivity index (χ2n) is 9.25. The highest BCUT2D eigenvalue weighted by molar-refractivity contribution is 8.01. The van der Waals surface area contributed by atoms with Crippen molar-refractivity contribution in [3.8, 4) is 0 Å². The van der Waals surface area contributed by atoms with Crippen molar-refractivity contribution in [1.29, 1.82) is 0 Å². The molecule has 2 fully saturated rings. The van der Waals surface area contributed by atoms with Crippen molar-refractivity contribution in [1.82, 2.24) is 10.2 Å². The van der Waals surface area contributed by atoms with Crippen molar-refractivity contribution >= 4 is 35.2 Å². The smallest absolute Gasteiger partial charge is 0.265 e. The molecule has 3 amide bonds. The van der Waals surface area contributed by atoms with E-state index in [1.165, 1.54) is 11.8 Å². The lowest BCUT2D eigenvalue weighted by molar-refractivity contribution is -0.150. The Morgan fingerprint density at radius 3 is 2.55 bits per heavy atom. The molecule has 3 aliphatic rings. The first kappa shape index (κ1) is 20.3. The molecule has 1 aromatic carbocycles. The van der Waals surface area contributed by atoms with Crippen LogP contribution < -0.4 is 10.6 Å². The molecule has 2 unspecified atom stereocenters. The molecule has 6 nitrogen and oxygen atoms in total. The van der Waals surface area contributed by atoms with Crippen LogP contribution in [0.5, 0.6) is 0 Å². The minimum absolute atomic E-state index is 0.0596. The fourth-order valence-electron chi connectivity index (χ4n) is 4.66. The number of fused-ring (bicyclic) bond motifs is 2. The molecule has 2 aliphatic heterocycles. The van der Waals surface area contributed by atoms with Crippen molar-refractivity contribution in [3.05, 3.63) is 29.8 Å². The van der Waals surface area contributed by atoms with Crippen LogP contribution in [0.2, 0.25) is 0 Å². The predicted octanol–water partition coefficient (Wildman–Crippen LogP) is 3.23. The monoisotopic (exact) mass is 415 g/mol. The molecule has 2 atom stereocenters. The summed E-state index contributed by atoms with van der Waals surface area (Å²) in [5, 5.41) is 5.96. The summed E-state index contributed by atoms with van der Waals surface area (Å²) in [5.74, 6) is -0.190. The van der Waals surface area contributed by atoms with E-state index in [1.54, 1.807) is 4.90 Å². The number of amides is 3. The highest BCUT2D eigenvalue weighted by Gasteiger charge is 2.62. The molecule has 0 radical (unpaired) electrons. The van der Waals surface area contributed by atoms with Gasteiger partial charge in [0.25, 0.3) is 5.91 Å². The van der Waals surface area contributed by atoms with E-state index in [2.05, 4.69) is 10.6 Å². The Bertz CT molecular complexity index is 844. The maximum Gasteiger partial charge on any atom is 0.265 e. The first-order valence-electron chi connectivity index (χ1n) is 10.4. The van der Waals surface area contributed by atoms with Gasteiger partial charge in [-0.1, -0.05) is 37.5 Å². The van der Waals surface area contributed by atoms with Gasteiger partial charge in [-0.25, -0.2) is 0 Å². The van der Waals surface area contributed by atoms with Crippen LogP contribution in [-0.4, -0.2) is 40.0 Å². The van der Waals surface area contributed by atoms with Crippen molar-refractivity contribution in [2.45, 2.75) is 69.3 Å². The molecule has 0 aromatic heterocycles. The van der Waals surface area contributed by atoms with E-state index in [1.807, 2.05) is 45.0 Å². The number of nitrogens with zero attached hydrogens (tertiary/aromatic N) is 1. The van der Waals surface area contributed by atoms with Gasteiger partial charge in [0.1, 0.15) is 6.04 Å². The first-order valence-corrected chi connectivity index (χ1v) is 11.4. The first-order chi connectivity index (χ1) is 13.7. The molecule has 0 bridgehead atoms. The number of nitrogens with one attached hydrogen (secondary N) is 2. The molecule has 1 saturated heterocycles. The lowest BCUT2D eigenvalue weighted by Gasteiger charge is -2.39. The van der Waals surface area contributed by atoms with Crippen LogP contribution in [0, 0.1) is 5.92 Å². The highest BCUT2D eigenvalue weighted by Crippen LogP contribution is 2.54. The van der Waals surface area contributed by atoms with E-state index >= 15 is 0 Å². The van der Waals surface area contributed by atoms with Crippen LogP contribution in [0.15, 0.2) is 24.3 Å². The van der Waals surface area contributed by atoms with Gasteiger partial charge in [-0.2, -0.15) is 0 Å². The largest absolute Gasteiger partial charge is 0.350 e. The van der Waals surface area contributed by atoms with E-state index in [0.29, 0.717) is 5.75 Å². The number of thioether (sulfide) groups is 1. The summed E-state index contributed by atoms with van der Waals surface area (Å²) >= 11 is 1.40. The van der Waals surface area contributed by atoms with Gasteiger partial charge in [0.15, 0.2) is 4.87 Å². The molecule has 2 heterocycles. The van der Waals surface area contributed by atoms with Gasteiger partial charge in [-0.3, -0.25) is 14.4 Å². The minimum Gasteiger partial charge on any atom is -0.350 e. The SMILES string of the molecule is CC(C)(C)NC(=O)C1CSC2(C(=O)Nc3ccccc32)N1C(=O)C1CCCCC1. The Labute approximate surface area is 176 Å². The number of rotatable bonds is 2. The van der Waals surface area contributed by atoms with E-state index in [4.69, 9.17) is 0 Å². The number of hydrogen-bond acceptors (Lipinski definition) is 4. The maximum absolute atomic E-state index is 13.7. The molecule has 29 heavy (non-hydrogen) atoms. The molecule has 2 N–H and O–H groups in total. The summed E-state index contributed by atoms with van der Waals surface area (Å²) in [6.45, 7) is 5.77. The van der Waals surface area contributed by atoms with Gasteiger partial charge >= 0.3 is 0 Å². The highest BCUT2D eigenvalue weighted by atomic mass is 32.2. The summed E-state index contributed by atoms with van der Waals surface area (Å²) in [6.07, 6.45) is 4.83. The summed E-state index contributed by atoms with van der Waals surface area (Å²) in [6, 6.07) is 6.84. The molecule has 1 aliphatic carbocycles. The van der Waals surface area contributed by atoms with Gasteiger partial charge in [0, 0.05) is 28.5 Å². The predicted molar refractivity (Wildman–Crippen MR) is 114 cm³/mol. The second-order valence-corrected chi connectivity index (χ2v) is 10.5. The van der Waals surface area contributed by atoms with Gasteiger partial charge in [0.2, 0.25) is 11.8 Å². The third-order valence-electron chi connectivity index (χ3n) is 5.94. The van der Waals surface area contributed by atoms with E-state index < -0.39 is 16.5 Å². The molecular weight excluding hydrogens is 386 g/mol. The maximum atomic E-state index is 13.7. The minimum atomic E-state index is -1.16. The van der Waals surface area contributed by atoms with E-state index in [9.17, 15) is 14.4 Å². The summed E-state index contributed by atoms with van der Waals surface area (Å²) in [5.41, 5.74) is 1.10. The fourth-order valence-corrected chi connectivity index (χ4v) is 6.23. The Balaban J connectivity index is 1.76. The number of hydrogen-bond donors (Lipinski definition) is 2. The van der Waals surface area contributed by atoms with Gasteiger partial charge in [-0.15, -0.1) is 11.8 Å². The standard InChI is InChI=1S/C22H29N3O3S/c1-21(2,3)24-18(26)17-13-29-22(15-11-7-8-12-16(15)23-20(22)28)25(17)19(27)14-9-5-4-6-10-14/h7-8,11-12,14,17H,4-6,9-10,13H2,1-3H3,(H,23,28)(H,24,26). The molecule has 1 aromatic rings. The normalized spacial score (nSPS) is 27.1. The Morgan fingerprint density at radius 2 is 1.86 bits per heavy atom. The zero-order valence-electron chi connectivity index (χ0n) is 17.3. The summed E-state index contributed by atoms with van der Waals surface area (Å²) in [4.78, 5) is 40.6. The molecule has 156 valence electrons. The number of benzene rings is 1. The molecule has 1 spiro atoms. The van der Waals surface area contributed by atoms with Crippen molar-refractivity contribution in [2.75, 3.05) is 11.1 Å². The molecular formula is C22H29N3O3S. The van der Waals surface area contributed by atoms with Gasteiger partial charge < -0.3 is 15.5 Å². The quantitative estimate of drug-likeness (QED) is 0.777. The van der Waals surface area contributed by atoms with Crippen LogP contribution >= 0.6 is 11.8 Å². The second kappa shape index (κ2) is 7.35. The van der Waals surface area contributed by atoms with Crippen LogP contribution in [0.1, 0.15) is 58.4 Å². The van der Waals surface area contributed by atoms with Crippen LogP contribution in [-0.2, 0) is 19.3 Å². The zero-order chi connectivity index (χ0) is 20.8. The Kier molecular flexibility index (Phi) is 5.13. The average Bonchev–Trinajstić information content (AvgIpc) is 3.21. The van der Waals surface area contributed by atoms with Crippen LogP contribution in [0.3, 0.4) is 0 Å². The van der Waals surface area contributed by atoms with Crippen molar-refractivity contribution in [3.63, 3.8) is 0 Å². The van der Waals surface area contributed by atoms with Gasteiger partial charge in [-0.05, 0) is 39.7 Å². The van der Waals surface area contributed by atoms with Crippen molar-refractivity contribution < 1.29 is 14.4 Å². The van der Waals surface area contributed by atoms with Crippen LogP contribution in [0.4, 0.5) is 5.69 Å². The topological polar surface area (TPSA) is 78.5 Å². The molecule has 1 saturated carbocycles. The number of anilines is 1. The summed E-state index contributed by atoms with van der Waals surface area (Å²) in [7, 11) is 0. The van der Waals surface area contributed by atoms with Crippen molar-refractivity contribution in [2.24, 2.45) is 5.92 Å².